The predicted molar refractivity (Wildman–Crippen MR) is 87.3 cm³/mol. The molecule has 3 rings (SSSR count). The number of nitrogens with one attached hydrogen (secondary N) is 1. The summed E-state index contributed by atoms with van der Waals surface area (Å²) in [6, 6.07) is 0.833. The van der Waals surface area contributed by atoms with Gasteiger partial charge in [-0.15, -0.1) is 0 Å². The standard InChI is InChI=1S/C14H11Cl2F3N6O/c1-7-4-9(14(17,18)19)25-12(22-7)10(16)11(23-25)13(26)20-2-3-24-6-8(15)5-21-24/h4-6H,2-3H2,1H3,(H,20,26). The van der Waals surface area contributed by atoms with Gasteiger partial charge < -0.3 is 5.32 Å². The molecule has 0 spiro atoms. The number of hydrogen-bond donors (Lipinski definition) is 1. The van der Waals surface area contributed by atoms with Gasteiger partial charge in [-0.1, -0.05) is 23.2 Å². The number of aryl methyl sites for hydroxylation is 1. The summed E-state index contributed by atoms with van der Waals surface area (Å²) in [5, 5.41) is 10.3. The number of amides is 1. The van der Waals surface area contributed by atoms with Crippen LogP contribution in [-0.4, -0.2) is 36.8 Å². The third kappa shape index (κ3) is 3.61. The van der Waals surface area contributed by atoms with Crippen molar-refractivity contribution in [2.24, 2.45) is 0 Å². The minimum atomic E-state index is -4.67. The zero-order valence-corrected chi connectivity index (χ0v) is 14.7. The van der Waals surface area contributed by atoms with Crippen LogP contribution in [0.3, 0.4) is 0 Å². The van der Waals surface area contributed by atoms with Crippen LogP contribution >= 0.6 is 23.2 Å². The van der Waals surface area contributed by atoms with Crippen LogP contribution in [-0.2, 0) is 12.7 Å². The number of carbonyl (C=O) groups is 1. The van der Waals surface area contributed by atoms with E-state index in [-0.39, 0.29) is 28.6 Å². The van der Waals surface area contributed by atoms with Crippen LogP contribution < -0.4 is 5.32 Å². The molecule has 3 aromatic heterocycles. The zero-order valence-electron chi connectivity index (χ0n) is 13.2. The number of rotatable bonds is 4. The fraction of sp³-hybridized carbons (Fsp3) is 0.286. The molecular formula is C14H11Cl2F3N6O. The number of aromatic nitrogens is 5. The van der Waals surface area contributed by atoms with Crippen molar-refractivity contribution in [1.29, 1.82) is 0 Å². The van der Waals surface area contributed by atoms with Crippen molar-refractivity contribution in [3.8, 4) is 0 Å². The predicted octanol–water partition coefficient (Wildman–Crippen LogP) is 2.99. The molecule has 0 bridgehead atoms. The summed E-state index contributed by atoms with van der Waals surface area (Å²) < 4.78 is 41.6. The van der Waals surface area contributed by atoms with Crippen molar-refractivity contribution >= 4 is 34.8 Å². The summed E-state index contributed by atoms with van der Waals surface area (Å²) in [6.45, 7) is 1.86. The van der Waals surface area contributed by atoms with Crippen LogP contribution in [0.15, 0.2) is 18.5 Å². The Bertz CT molecular complexity index is 981. The van der Waals surface area contributed by atoms with E-state index in [4.69, 9.17) is 23.2 Å². The van der Waals surface area contributed by atoms with E-state index in [1.54, 1.807) is 6.20 Å². The van der Waals surface area contributed by atoms with E-state index in [0.717, 1.165) is 6.07 Å². The summed E-state index contributed by atoms with van der Waals surface area (Å²) in [7, 11) is 0. The highest BCUT2D eigenvalue weighted by atomic mass is 35.5. The van der Waals surface area contributed by atoms with Gasteiger partial charge in [0.25, 0.3) is 5.91 Å². The van der Waals surface area contributed by atoms with Crippen LogP contribution in [0.2, 0.25) is 10.0 Å². The third-order valence-corrected chi connectivity index (χ3v) is 3.94. The Balaban J connectivity index is 1.85. The largest absolute Gasteiger partial charge is 0.433 e. The second-order valence-electron chi connectivity index (χ2n) is 5.36. The van der Waals surface area contributed by atoms with Gasteiger partial charge in [-0.2, -0.15) is 23.4 Å². The number of hydrogen-bond acceptors (Lipinski definition) is 4. The molecule has 1 N–H and O–H groups in total. The third-order valence-electron chi connectivity index (χ3n) is 3.39. The first-order chi connectivity index (χ1) is 12.2. The highest BCUT2D eigenvalue weighted by Gasteiger charge is 2.36. The van der Waals surface area contributed by atoms with Gasteiger partial charge in [0.1, 0.15) is 10.7 Å². The minimum absolute atomic E-state index is 0.106. The number of halogens is 5. The van der Waals surface area contributed by atoms with Gasteiger partial charge in [0.15, 0.2) is 11.3 Å². The maximum absolute atomic E-state index is 13.2. The second kappa shape index (κ2) is 6.76. The van der Waals surface area contributed by atoms with Crippen molar-refractivity contribution < 1.29 is 18.0 Å². The Labute approximate surface area is 154 Å². The summed E-state index contributed by atoms with van der Waals surface area (Å²) in [6.07, 6.45) is -1.67. The summed E-state index contributed by atoms with van der Waals surface area (Å²) in [5.41, 5.74) is -1.53. The summed E-state index contributed by atoms with van der Waals surface area (Å²) in [4.78, 5) is 16.2. The molecule has 3 aromatic rings. The number of nitrogens with zero attached hydrogens (tertiary/aromatic N) is 5. The summed E-state index contributed by atoms with van der Waals surface area (Å²) >= 11 is 11.8. The molecule has 0 aliphatic carbocycles. The van der Waals surface area contributed by atoms with Gasteiger partial charge in [-0.3, -0.25) is 9.48 Å². The zero-order chi connectivity index (χ0) is 19.1. The molecule has 7 nitrogen and oxygen atoms in total. The van der Waals surface area contributed by atoms with E-state index >= 15 is 0 Å². The SMILES string of the molecule is Cc1cc(C(F)(F)F)n2nc(C(=O)NCCn3cc(Cl)cn3)c(Cl)c2n1. The molecule has 0 atom stereocenters. The number of fused-ring (bicyclic) bond motifs is 1. The fourth-order valence-electron chi connectivity index (χ4n) is 2.29. The lowest BCUT2D eigenvalue weighted by Gasteiger charge is -2.09. The quantitative estimate of drug-likeness (QED) is 0.722. The van der Waals surface area contributed by atoms with Crippen molar-refractivity contribution in [2.75, 3.05) is 6.54 Å². The molecule has 138 valence electrons. The lowest BCUT2D eigenvalue weighted by Crippen LogP contribution is -2.28. The van der Waals surface area contributed by atoms with Gasteiger partial charge in [-0.05, 0) is 13.0 Å². The lowest BCUT2D eigenvalue weighted by molar-refractivity contribution is -0.142. The van der Waals surface area contributed by atoms with Crippen molar-refractivity contribution in [2.45, 2.75) is 19.6 Å². The number of carbonyl (C=O) groups excluding carboxylic acids is 1. The van der Waals surface area contributed by atoms with Gasteiger partial charge in [0.2, 0.25) is 0 Å². The molecule has 3 heterocycles. The highest BCUT2D eigenvalue weighted by Crippen LogP contribution is 2.32. The van der Waals surface area contributed by atoms with E-state index in [2.05, 4.69) is 20.5 Å². The topological polar surface area (TPSA) is 77.1 Å². The second-order valence-corrected chi connectivity index (χ2v) is 6.17. The molecule has 0 unspecified atom stereocenters. The Hall–Kier alpha value is -2.33. The average Bonchev–Trinajstić information content (AvgIpc) is 3.10. The molecule has 0 radical (unpaired) electrons. The maximum atomic E-state index is 13.2. The Morgan fingerprint density at radius 1 is 1.35 bits per heavy atom. The van der Waals surface area contributed by atoms with Crippen LogP contribution in [0.25, 0.3) is 5.65 Å². The van der Waals surface area contributed by atoms with E-state index in [9.17, 15) is 18.0 Å². The molecule has 0 saturated carbocycles. The number of alkyl halides is 3. The molecule has 26 heavy (non-hydrogen) atoms. The Morgan fingerprint density at radius 2 is 2.08 bits per heavy atom. The van der Waals surface area contributed by atoms with E-state index < -0.39 is 17.8 Å². The first-order valence-corrected chi connectivity index (χ1v) is 8.01. The first-order valence-electron chi connectivity index (χ1n) is 7.26. The van der Waals surface area contributed by atoms with E-state index in [1.165, 1.54) is 17.8 Å². The van der Waals surface area contributed by atoms with Crippen LogP contribution in [0.5, 0.6) is 0 Å². The molecule has 0 saturated heterocycles. The first kappa shape index (κ1) is 18.5. The molecule has 0 fully saturated rings. The fourth-order valence-corrected chi connectivity index (χ4v) is 2.69. The van der Waals surface area contributed by atoms with Crippen LogP contribution in [0.1, 0.15) is 21.9 Å². The van der Waals surface area contributed by atoms with Crippen molar-refractivity contribution in [1.82, 2.24) is 29.7 Å². The molecule has 1 amide bonds. The van der Waals surface area contributed by atoms with Gasteiger partial charge in [-0.25, -0.2) is 9.50 Å². The molecule has 0 aliphatic rings. The average molecular weight is 407 g/mol. The monoisotopic (exact) mass is 406 g/mol. The van der Waals surface area contributed by atoms with E-state index in [1.807, 2.05) is 0 Å². The van der Waals surface area contributed by atoms with Crippen LogP contribution in [0, 0.1) is 6.92 Å². The Kier molecular flexibility index (Phi) is 4.80. The normalized spacial score (nSPS) is 11.9. The molecule has 0 aliphatic heterocycles. The van der Waals surface area contributed by atoms with Crippen molar-refractivity contribution in [3.63, 3.8) is 0 Å². The van der Waals surface area contributed by atoms with Gasteiger partial charge in [0, 0.05) is 18.4 Å². The molecular weight excluding hydrogens is 396 g/mol. The minimum Gasteiger partial charge on any atom is -0.349 e. The molecule has 12 heteroatoms. The lowest BCUT2D eigenvalue weighted by atomic mass is 10.3. The summed E-state index contributed by atoms with van der Waals surface area (Å²) in [5.74, 6) is -0.718. The Morgan fingerprint density at radius 3 is 2.69 bits per heavy atom. The van der Waals surface area contributed by atoms with Gasteiger partial charge >= 0.3 is 6.18 Å². The van der Waals surface area contributed by atoms with Crippen LogP contribution in [0.4, 0.5) is 13.2 Å². The highest BCUT2D eigenvalue weighted by molar-refractivity contribution is 6.36. The van der Waals surface area contributed by atoms with E-state index in [0.29, 0.717) is 16.1 Å². The smallest absolute Gasteiger partial charge is 0.349 e. The van der Waals surface area contributed by atoms with Gasteiger partial charge in [0.05, 0.1) is 17.8 Å². The molecule has 0 aromatic carbocycles. The maximum Gasteiger partial charge on any atom is 0.433 e. The van der Waals surface area contributed by atoms with Crippen molar-refractivity contribution in [3.05, 3.63) is 45.6 Å².